The average molecular weight is 270 g/mol. The fourth-order valence-corrected chi connectivity index (χ4v) is 4.80. The van der Waals surface area contributed by atoms with E-state index < -0.39 is 8.32 Å². The Hall–Kier alpha value is -1.38. The lowest BCUT2D eigenvalue weighted by Crippen LogP contribution is -2.34. The second kappa shape index (κ2) is 6.18. The van der Waals surface area contributed by atoms with Gasteiger partial charge in [-0.1, -0.05) is 60.7 Å². The van der Waals surface area contributed by atoms with Crippen LogP contribution in [0.2, 0.25) is 13.1 Å². The van der Waals surface area contributed by atoms with E-state index in [1.165, 1.54) is 11.1 Å². The molecule has 0 aliphatic carbocycles. The lowest BCUT2D eigenvalue weighted by atomic mass is 10.1. The van der Waals surface area contributed by atoms with Crippen LogP contribution in [0.15, 0.2) is 60.7 Å². The molecular weight excluding hydrogens is 248 g/mol. The third-order valence-electron chi connectivity index (χ3n) is 3.24. The Kier molecular flexibility index (Phi) is 4.56. The van der Waals surface area contributed by atoms with Crippen LogP contribution in [0, 0.1) is 0 Å². The standard InChI is InChI=1S/C17H22OSi/c1-15(17-12-8-5-9-13-17)18-19(2,3)14-16-10-6-4-7-11-16/h4-13,15H,14H2,1-3H3. The van der Waals surface area contributed by atoms with Gasteiger partial charge in [0, 0.05) is 0 Å². The fraction of sp³-hybridized carbons (Fsp3) is 0.294. The van der Waals surface area contributed by atoms with Crippen molar-refractivity contribution in [2.24, 2.45) is 0 Å². The third-order valence-corrected chi connectivity index (χ3v) is 5.49. The zero-order valence-electron chi connectivity index (χ0n) is 12.0. The molecule has 0 saturated heterocycles. The van der Waals surface area contributed by atoms with Gasteiger partial charge in [0.1, 0.15) is 0 Å². The molecular formula is C17H22OSi. The molecule has 0 radical (unpaired) electrons. The van der Waals surface area contributed by atoms with E-state index in [4.69, 9.17) is 4.43 Å². The van der Waals surface area contributed by atoms with Crippen molar-refractivity contribution < 1.29 is 4.43 Å². The van der Waals surface area contributed by atoms with Gasteiger partial charge in [0.25, 0.3) is 0 Å². The smallest absolute Gasteiger partial charge is 0.191 e. The summed E-state index contributed by atoms with van der Waals surface area (Å²) < 4.78 is 6.37. The molecule has 2 heteroatoms. The van der Waals surface area contributed by atoms with Crippen molar-refractivity contribution in [3.8, 4) is 0 Å². The molecule has 0 amide bonds. The van der Waals surface area contributed by atoms with Crippen LogP contribution < -0.4 is 0 Å². The van der Waals surface area contributed by atoms with Crippen LogP contribution in [-0.4, -0.2) is 8.32 Å². The van der Waals surface area contributed by atoms with E-state index in [1.807, 2.05) is 6.07 Å². The van der Waals surface area contributed by atoms with Gasteiger partial charge in [-0.25, -0.2) is 0 Å². The maximum Gasteiger partial charge on any atom is 0.191 e. The highest BCUT2D eigenvalue weighted by Gasteiger charge is 2.25. The first-order valence-electron chi connectivity index (χ1n) is 6.83. The van der Waals surface area contributed by atoms with E-state index >= 15 is 0 Å². The first-order valence-corrected chi connectivity index (χ1v) is 9.95. The van der Waals surface area contributed by atoms with Crippen LogP contribution in [0.4, 0.5) is 0 Å². The Labute approximate surface area is 117 Å². The van der Waals surface area contributed by atoms with Gasteiger partial charge < -0.3 is 4.43 Å². The van der Waals surface area contributed by atoms with Crippen LogP contribution >= 0.6 is 0 Å². The predicted molar refractivity (Wildman–Crippen MR) is 83.6 cm³/mol. The molecule has 1 unspecified atom stereocenters. The predicted octanol–water partition coefficient (Wildman–Crippen LogP) is 4.75. The van der Waals surface area contributed by atoms with Gasteiger partial charge in [0.15, 0.2) is 8.32 Å². The molecule has 0 N–H and O–H groups in total. The lowest BCUT2D eigenvalue weighted by Gasteiger charge is -2.27. The highest BCUT2D eigenvalue weighted by Crippen LogP contribution is 2.23. The summed E-state index contributed by atoms with van der Waals surface area (Å²) in [5.41, 5.74) is 2.63. The van der Waals surface area contributed by atoms with Gasteiger partial charge in [0.05, 0.1) is 6.10 Å². The van der Waals surface area contributed by atoms with Gasteiger partial charge in [-0.15, -0.1) is 0 Å². The summed E-state index contributed by atoms with van der Waals surface area (Å²) in [6.45, 7) is 6.73. The summed E-state index contributed by atoms with van der Waals surface area (Å²) in [5.74, 6) is 0. The third kappa shape index (κ3) is 4.34. The summed E-state index contributed by atoms with van der Waals surface area (Å²) in [5, 5.41) is 0. The first kappa shape index (κ1) is 14.0. The SMILES string of the molecule is CC(O[Si](C)(C)Cc1ccccc1)c1ccccc1. The van der Waals surface area contributed by atoms with Gasteiger partial charge in [0.2, 0.25) is 0 Å². The minimum absolute atomic E-state index is 0.173. The highest BCUT2D eigenvalue weighted by molar-refractivity contribution is 6.70. The number of hydrogen-bond donors (Lipinski definition) is 0. The van der Waals surface area contributed by atoms with Crippen LogP contribution in [0.25, 0.3) is 0 Å². The van der Waals surface area contributed by atoms with E-state index in [2.05, 4.69) is 74.6 Å². The van der Waals surface area contributed by atoms with Gasteiger partial charge >= 0.3 is 0 Å². The van der Waals surface area contributed by atoms with E-state index in [0.717, 1.165) is 6.04 Å². The van der Waals surface area contributed by atoms with Crippen LogP contribution in [-0.2, 0) is 10.5 Å². The van der Waals surface area contributed by atoms with Gasteiger partial charge in [-0.2, -0.15) is 0 Å². The maximum atomic E-state index is 6.37. The Morgan fingerprint density at radius 3 is 2.00 bits per heavy atom. The average Bonchev–Trinajstić information content (AvgIpc) is 2.39. The molecule has 2 rings (SSSR count). The minimum Gasteiger partial charge on any atom is -0.410 e. The maximum absolute atomic E-state index is 6.37. The summed E-state index contributed by atoms with van der Waals surface area (Å²) in [6.07, 6.45) is 0.173. The number of rotatable bonds is 5. The summed E-state index contributed by atoms with van der Waals surface area (Å²) in [4.78, 5) is 0. The monoisotopic (exact) mass is 270 g/mol. The molecule has 0 aromatic heterocycles. The largest absolute Gasteiger partial charge is 0.410 e. The zero-order valence-corrected chi connectivity index (χ0v) is 13.0. The fourth-order valence-electron chi connectivity index (χ4n) is 2.40. The molecule has 2 aromatic carbocycles. The van der Waals surface area contributed by atoms with E-state index in [0.29, 0.717) is 0 Å². The van der Waals surface area contributed by atoms with E-state index in [1.54, 1.807) is 0 Å². The second-order valence-electron chi connectivity index (χ2n) is 5.59. The number of hydrogen-bond acceptors (Lipinski definition) is 1. The molecule has 0 aliphatic heterocycles. The van der Waals surface area contributed by atoms with Crippen molar-refractivity contribution in [1.29, 1.82) is 0 Å². The van der Waals surface area contributed by atoms with Crippen LogP contribution in [0.3, 0.4) is 0 Å². The summed E-state index contributed by atoms with van der Waals surface area (Å²) in [6, 6.07) is 22.1. The molecule has 1 atom stereocenters. The molecule has 1 nitrogen and oxygen atoms in total. The van der Waals surface area contributed by atoms with E-state index in [-0.39, 0.29) is 6.10 Å². The normalized spacial score (nSPS) is 13.2. The molecule has 0 spiro atoms. The Balaban J connectivity index is 2.01. The molecule has 0 aliphatic rings. The highest BCUT2D eigenvalue weighted by atomic mass is 28.4. The molecule has 0 heterocycles. The van der Waals surface area contributed by atoms with E-state index in [9.17, 15) is 0 Å². The molecule has 100 valence electrons. The summed E-state index contributed by atoms with van der Waals surface area (Å²) >= 11 is 0. The van der Waals surface area contributed by atoms with Crippen molar-refractivity contribution in [1.82, 2.24) is 0 Å². The van der Waals surface area contributed by atoms with Crippen molar-refractivity contribution >= 4 is 8.32 Å². The van der Waals surface area contributed by atoms with Crippen LogP contribution in [0.5, 0.6) is 0 Å². The topological polar surface area (TPSA) is 9.23 Å². The second-order valence-corrected chi connectivity index (χ2v) is 9.70. The number of benzene rings is 2. The minimum atomic E-state index is -1.69. The summed E-state index contributed by atoms with van der Waals surface area (Å²) in [7, 11) is -1.69. The van der Waals surface area contributed by atoms with Gasteiger partial charge in [-0.3, -0.25) is 0 Å². The Bertz CT molecular complexity index is 493. The molecule has 2 aromatic rings. The van der Waals surface area contributed by atoms with Crippen molar-refractivity contribution in [2.45, 2.75) is 32.2 Å². The van der Waals surface area contributed by atoms with Gasteiger partial charge in [-0.05, 0) is 37.2 Å². The molecule has 0 bridgehead atoms. The van der Waals surface area contributed by atoms with Crippen molar-refractivity contribution in [2.75, 3.05) is 0 Å². The molecule has 19 heavy (non-hydrogen) atoms. The quantitative estimate of drug-likeness (QED) is 0.712. The molecule has 0 saturated carbocycles. The van der Waals surface area contributed by atoms with Crippen molar-refractivity contribution in [3.63, 3.8) is 0 Å². The first-order chi connectivity index (χ1) is 9.07. The Morgan fingerprint density at radius 2 is 1.42 bits per heavy atom. The molecule has 0 fully saturated rings. The van der Waals surface area contributed by atoms with Crippen molar-refractivity contribution in [3.05, 3.63) is 71.8 Å². The zero-order chi connectivity index (χ0) is 13.7. The Morgan fingerprint density at radius 1 is 0.895 bits per heavy atom. The van der Waals surface area contributed by atoms with Crippen LogP contribution in [0.1, 0.15) is 24.2 Å². The lowest BCUT2D eigenvalue weighted by molar-refractivity contribution is 0.215.